The first-order valence-corrected chi connectivity index (χ1v) is 11.0. The molecule has 1 saturated heterocycles. The van der Waals surface area contributed by atoms with Crippen LogP contribution in [-0.2, 0) is 27.4 Å². The summed E-state index contributed by atoms with van der Waals surface area (Å²) in [6, 6.07) is 12.6. The molecule has 0 radical (unpaired) electrons. The first-order chi connectivity index (χ1) is 15.7. The van der Waals surface area contributed by atoms with Crippen molar-refractivity contribution in [3.05, 3.63) is 64.2 Å². The Hall–Kier alpha value is -3.03. The Morgan fingerprint density at radius 3 is 2.00 bits per heavy atom. The fraction of sp³-hybridized carbons (Fsp3) is 0.400. The summed E-state index contributed by atoms with van der Waals surface area (Å²) in [5, 5.41) is 0. The van der Waals surface area contributed by atoms with Gasteiger partial charge >= 0.3 is 6.09 Å². The maximum absolute atomic E-state index is 12.2. The average Bonchev–Trinajstić information content (AvgIpc) is 2.84. The van der Waals surface area contributed by atoms with Crippen LogP contribution in [0.3, 0.4) is 0 Å². The molecule has 168 valence electrons. The van der Waals surface area contributed by atoms with Crippen molar-refractivity contribution in [2.45, 2.75) is 33.0 Å². The monoisotopic (exact) mass is 437 g/mol. The summed E-state index contributed by atoms with van der Waals surface area (Å²) in [5.41, 5.74) is 6.84. The van der Waals surface area contributed by atoms with Crippen LogP contribution < -0.4 is 9.47 Å². The topological polar surface area (TPSA) is 66.5 Å². The quantitative estimate of drug-likeness (QED) is 0.706. The van der Waals surface area contributed by atoms with Crippen molar-refractivity contribution < 1.29 is 28.5 Å². The Labute approximate surface area is 187 Å². The van der Waals surface area contributed by atoms with E-state index in [0.29, 0.717) is 32.9 Å². The lowest BCUT2D eigenvalue weighted by Crippen LogP contribution is -2.37. The van der Waals surface area contributed by atoms with E-state index in [1.54, 1.807) is 4.90 Å². The van der Waals surface area contributed by atoms with Crippen LogP contribution in [0, 0.1) is 0 Å². The van der Waals surface area contributed by atoms with Crippen LogP contribution in [0.15, 0.2) is 42.0 Å². The van der Waals surface area contributed by atoms with Gasteiger partial charge in [0.25, 0.3) is 0 Å². The molecule has 3 aliphatic heterocycles. The Bertz CT molecular complexity index is 975. The number of hydrogen-bond acceptors (Lipinski definition) is 6. The number of rotatable bonds is 3. The number of nitrogens with zero attached hydrogens (tertiary/aromatic N) is 1. The van der Waals surface area contributed by atoms with Crippen molar-refractivity contribution >= 4 is 11.7 Å². The molecular weight excluding hydrogens is 410 g/mol. The molecule has 0 saturated carbocycles. The van der Waals surface area contributed by atoms with E-state index in [1.807, 2.05) is 19.1 Å². The largest absolute Gasteiger partial charge is 0.467 e. The van der Waals surface area contributed by atoms with Gasteiger partial charge in [-0.3, -0.25) is 0 Å². The summed E-state index contributed by atoms with van der Waals surface area (Å²) in [7, 11) is 0. The lowest BCUT2D eigenvalue weighted by molar-refractivity contribution is -0.0164. The number of piperidine rings is 1. The number of hydrogen-bond donors (Lipinski definition) is 0. The van der Waals surface area contributed by atoms with E-state index in [-0.39, 0.29) is 19.7 Å². The molecule has 7 nitrogen and oxygen atoms in total. The molecule has 32 heavy (non-hydrogen) atoms. The molecule has 0 atom stereocenters. The SMILES string of the molecule is CCOC(=O)N1CCC(=C(c2ccc3c(c2)COCO3)c2ccc3c(c2)COCO3)CC1. The van der Waals surface area contributed by atoms with Gasteiger partial charge in [0.1, 0.15) is 11.5 Å². The predicted molar refractivity (Wildman–Crippen MR) is 117 cm³/mol. The fourth-order valence-electron chi connectivity index (χ4n) is 4.49. The van der Waals surface area contributed by atoms with Crippen LogP contribution in [0.2, 0.25) is 0 Å². The highest BCUT2D eigenvalue weighted by atomic mass is 16.7. The summed E-state index contributed by atoms with van der Waals surface area (Å²) < 4.78 is 27.4. The summed E-state index contributed by atoms with van der Waals surface area (Å²) >= 11 is 0. The first-order valence-electron chi connectivity index (χ1n) is 11.0. The van der Waals surface area contributed by atoms with Crippen LogP contribution >= 0.6 is 0 Å². The van der Waals surface area contributed by atoms with Crippen LogP contribution in [0.4, 0.5) is 4.79 Å². The zero-order chi connectivity index (χ0) is 21.9. The molecular formula is C25H27NO6. The van der Waals surface area contributed by atoms with Gasteiger partial charge in [0, 0.05) is 24.2 Å². The van der Waals surface area contributed by atoms with Gasteiger partial charge in [0.15, 0.2) is 13.6 Å². The van der Waals surface area contributed by atoms with Crippen LogP contribution in [0.25, 0.3) is 5.57 Å². The zero-order valence-electron chi connectivity index (χ0n) is 18.2. The molecule has 0 aliphatic carbocycles. The number of carbonyl (C=O) groups is 1. The standard InChI is InChI=1S/C25H27NO6/c1-2-30-25(27)26-9-7-17(8-10-26)24(18-3-5-22-20(11-18)13-28-15-31-22)19-4-6-23-21(12-19)14-29-16-32-23/h3-6,11-12H,2,7-10,13-16H2,1H3. The molecule has 1 fully saturated rings. The zero-order valence-corrected chi connectivity index (χ0v) is 18.2. The molecule has 0 spiro atoms. The second kappa shape index (κ2) is 9.22. The molecule has 3 heterocycles. The number of fused-ring (bicyclic) bond motifs is 2. The Balaban J connectivity index is 1.53. The minimum absolute atomic E-state index is 0.237. The highest BCUT2D eigenvalue weighted by Gasteiger charge is 2.24. The number of ether oxygens (including phenoxy) is 5. The predicted octanol–water partition coefficient (Wildman–Crippen LogP) is 4.47. The number of likely N-dealkylation sites (tertiary alicyclic amines) is 1. The third kappa shape index (κ3) is 4.18. The summed E-state index contributed by atoms with van der Waals surface area (Å²) in [5.74, 6) is 1.74. The maximum atomic E-state index is 12.2. The fourth-order valence-corrected chi connectivity index (χ4v) is 4.49. The Kier molecular flexibility index (Phi) is 6.01. The van der Waals surface area contributed by atoms with Crippen molar-refractivity contribution in [1.82, 2.24) is 4.90 Å². The minimum Gasteiger partial charge on any atom is -0.467 e. The Morgan fingerprint density at radius 1 is 0.906 bits per heavy atom. The van der Waals surface area contributed by atoms with E-state index in [2.05, 4.69) is 24.3 Å². The van der Waals surface area contributed by atoms with E-state index in [0.717, 1.165) is 46.6 Å². The van der Waals surface area contributed by atoms with Crippen molar-refractivity contribution in [3.8, 4) is 11.5 Å². The van der Waals surface area contributed by atoms with Gasteiger partial charge in [-0.2, -0.15) is 0 Å². The van der Waals surface area contributed by atoms with Gasteiger partial charge in [-0.1, -0.05) is 17.7 Å². The van der Waals surface area contributed by atoms with E-state index in [9.17, 15) is 4.79 Å². The van der Waals surface area contributed by atoms with Crippen LogP contribution in [0.5, 0.6) is 11.5 Å². The van der Waals surface area contributed by atoms with Gasteiger partial charge in [0.2, 0.25) is 0 Å². The van der Waals surface area contributed by atoms with Gasteiger partial charge in [-0.25, -0.2) is 4.79 Å². The molecule has 0 N–H and O–H groups in total. The highest BCUT2D eigenvalue weighted by molar-refractivity contribution is 5.84. The lowest BCUT2D eigenvalue weighted by Gasteiger charge is -2.30. The molecule has 3 aliphatic rings. The number of benzene rings is 2. The van der Waals surface area contributed by atoms with Gasteiger partial charge in [-0.15, -0.1) is 0 Å². The molecule has 1 amide bonds. The van der Waals surface area contributed by atoms with E-state index in [1.165, 1.54) is 11.1 Å². The molecule has 5 rings (SSSR count). The van der Waals surface area contributed by atoms with E-state index < -0.39 is 0 Å². The van der Waals surface area contributed by atoms with Gasteiger partial charge in [0.05, 0.1) is 19.8 Å². The molecule has 2 aromatic rings. The van der Waals surface area contributed by atoms with Crippen LogP contribution in [0.1, 0.15) is 42.0 Å². The third-order valence-corrected chi connectivity index (χ3v) is 6.06. The van der Waals surface area contributed by atoms with Crippen molar-refractivity contribution in [2.24, 2.45) is 0 Å². The van der Waals surface area contributed by atoms with Gasteiger partial charge in [-0.05, 0) is 60.7 Å². The second-order valence-corrected chi connectivity index (χ2v) is 8.03. The maximum Gasteiger partial charge on any atom is 0.409 e. The van der Waals surface area contributed by atoms with Crippen molar-refractivity contribution in [2.75, 3.05) is 33.3 Å². The Morgan fingerprint density at radius 2 is 1.47 bits per heavy atom. The second-order valence-electron chi connectivity index (χ2n) is 8.03. The lowest BCUT2D eigenvalue weighted by atomic mass is 9.87. The molecule has 0 unspecified atom stereocenters. The number of carbonyl (C=O) groups excluding carboxylic acids is 1. The van der Waals surface area contributed by atoms with E-state index in [4.69, 9.17) is 23.7 Å². The van der Waals surface area contributed by atoms with Crippen molar-refractivity contribution in [1.29, 1.82) is 0 Å². The number of amides is 1. The summed E-state index contributed by atoms with van der Waals surface area (Å²) in [6.07, 6.45) is 1.35. The van der Waals surface area contributed by atoms with Crippen molar-refractivity contribution in [3.63, 3.8) is 0 Å². The van der Waals surface area contributed by atoms with E-state index >= 15 is 0 Å². The smallest absolute Gasteiger partial charge is 0.409 e. The third-order valence-electron chi connectivity index (χ3n) is 6.06. The summed E-state index contributed by atoms with van der Waals surface area (Å²) in [6.45, 7) is 5.16. The molecule has 2 aromatic carbocycles. The highest BCUT2D eigenvalue weighted by Crippen LogP contribution is 2.37. The molecule has 7 heteroatoms. The summed E-state index contributed by atoms with van der Waals surface area (Å²) in [4.78, 5) is 14.0. The minimum atomic E-state index is -0.237. The normalized spacial score (nSPS) is 17.5. The van der Waals surface area contributed by atoms with Crippen LogP contribution in [-0.4, -0.2) is 44.3 Å². The molecule has 0 bridgehead atoms. The first kappa shape index (κ1) is 20.8. The van der Waals surface area contributed by atoms with Gasteiger partial charge < -0.3 is 28.6 Å². The molecule has 0 aromatic heterocycles. The average molecular weight is 437 g/mol.